The van der Waals surface area contributed by atoms with Crippen molar-refractivity contribution in [3.05, 3.63) is 54.1 Å². The van der Waals surface area contributed by atoms with Gasteiger partial charge in [0.25, 0.3) is 0 Å². The van der Waals surface area contributed by atoms with Crippen LogP contribution in [0.1, 0.15) is 5.56 Å². The van der Waals surface area contributed by atoms with Crippen LogP contribution in [0.5, 0.6) is 5.75 Å². The molecular weight excluding hydrogens is 405 g/mol. The number of thioether (sulfide) groups is 1. The van der Waals surface area contributed by atoms with Crippen LogP contribution in [0.2, 0.25) is 0 Å². The van der Waals surface area contributed by atoms with Gasteiger partial charge in [-0.1, -0.05) is 36.0 Å². The lowest BCUT2D eigenvalue weighted by atomic mass is 10.1. The van der Waals surface area contributed by atoms with Gasteiger partial charge in [0, 0.05) is 18.3 Å². The molecule has 0 bridgehead atoms. The van der Waals surface area contributed by atoms with Gasteiger partial charge in [-0.3, -0.25) is 4.79 Å². The van der Waals surface area contributed by atoms with Crippen molar-refractivity contribution in [2.24, 2.45) is 7.05 Å². The number of halogens is 3. The summed E-state index contributed by atoms with van der Waals surface area (Å²) in [4.78, 5) is 12.1. The average molecular weight is 422 g/mol. The van der Waals surface area contributed by atoms with E-state index in [2.05, 4.69) is 20.3 Å². The third-order valence-electron chi connectivity index (χ3n) is 3.92. The molecule has 3 rings (SSSR count). The number of carbonyl (C=O) groups excluding carboxylic acids is 1. The minimum Gasteiger partial charge on any atom is -0.406 e. The zero-order valence-electron chi connectivity index (χ0n) is 15.5. The number of hydrogen-bond donors (Lipinski definition) is 1. The summed E-state index contributed by atoms with van der Waals surface area (Å²) >= 11 is 1.21. The quantitative estimate of drug-likeness (QED) is 0.596. The first-order chi connectivity index (χ1) is 13.7. The highest BCUT2D eigenvalue weighted by Gasteiger charge is 2.30. The van der Waals surface area contributed by atoms with E-state index in [1.807, 2.05) is 42.8 Å². The molecule has 0 unspecified atom stereocenters. The minimum absolute atomic E-state index is 0.0700. The SMILES string of the molecule is Cc1ccccc1-c1nnc(SCC(=O)Nc2ccc(OC(F)(F)F)cc2)n1C. The van der Waals surface area contributed by atoms with Gasteiger partial charge in [-0.05, 0) is 36.8 Å². The van der Waals surface area contributed by atoms with Crippen molar-refractivity contribution < 1.29 is 22.7 Å². The highest BCUT2D eigenvalue weighted by atomic mass is 32.2. The number of aromatic nitrogens is 3. The van der Waals surface area contributed by atoms with E-state index in [1.54, 1.807) is 0 Å². The number of rotatable bonds is 6. The molecule has 29 heavy (non-hydrogen) atoms. The lowest BCUT2D eigenvalue weighted by molar-refractivity contribution is -0.274. The molecule has 0 aliphatic rings. The molecule has 1 heterocycles. The first-order valence-electron chi connectivity index (χ1n) is 8.47. The Morgan fingerprint density at radius 1 is 1.14 bits per heavy atom. The Morgan fingerprint density at radius 2 is 1.83 bits per heavy atom. The number of benzene rings is 2. The van der Waals surface area contributed by atoms with Crippen LogP contribution in [0, 0.1) is 6.92 Å². The molecule has 0 atom stereocenters. The third kappa shape index (κ3) is 5.50. The van der Waals surface area contributed by atoms with Crippen molar-refractivity contribution in [2.45, 2.75) is 18.4 Å². The Labute approximate surface area is 169 Å². The molecule has 3 aromatic rings. The molecule has 0 saturated carbocycles. The van der Waals surface area contributed by atoms with Crippen LogP contribution in [0.4, 0.5) is 18.9 Å². The number of nitrogens with zero attached hydrogens (tertiary/aromatic N) is 3. The van der Waals surface area contributed by atoms with Gasteiger partial charge in [0.05, 0.1) is 5.75 Å². The fraction of sp³-hybridized carbons (Fsp3) is 0.211. The normalized spacial score (nSPS) is 11.3. The molecule has 152 valence electrons. The van der Waals surface area contributed by atoms with E-state index >= 15 is 0 Å². The Kier molecular flexibility index (Phi) is 6.12. The molecule has 1 N–H and O–H groups in total. The largest absolute Gasteiger partial charge is 0.573 e. The van der Waals surface area contributed by atoms with Crippen molar-refractivity contribution in [1.82, 2.24) is 14.8 Å². The van der Waals surface area contributed by atoms with Gasteiger partial charge >= 0.3 is 6.36 Å². The number of anilines is 1. The second-order valence-corrected chi connectivity index (χ2v) is 7.03. The standard InChI is InChI=1S/C19H17F3N4O2S/c1-12-5-3-4-6-15(12)17-24-25-18(26(17)2)29-11-16(27)23-13-7-9-14(10-8-13)28-19(20,21)22/h3-10H,11H2,1-2H3,(H,23,27). The summed E-state index contributed by atoms with van der Waals surface area (Å²) in [5.74, 6) is 0.0967. The van der Waals surface area contributed by atoms with Crippen LogP contribution in [0.25, 0.3) is 11.4 Å². The summed E-state index contributed by atoms with van der Waals surface area (Å²) in [6.45, 7) is 1.98. The number of carbonyl (C=O) groups is 1. The van der Waals surface area contributed by atoms with Crippen molar-refractivity contribution in [3.63, 3.8) is 0 Å². The molecule has 0 fully saturated rings. The summed E-state index contributed by atoms with van der Waals surface area (Å²) < 4.78 is 42.1. The predicted octanol–water partition coefficient (Wildman–Crippen LogP) is 4.42. The Morgan fingerprint density at radius 3 is 2.48 bits per heavy atom. The maximum atomic E-state index is 12.2. The van der Waals surface area contributed by atoms with Gasteiger partial charge in [0.2, 0.25) is 5.91 Å². The molecule has 2 aromatic carbocycles. The van der Waals surface area contributed by atoms with Gasteiger partial charge in [-0.25, -0.2) is 0 Å². The number of amides is 1. The van der Waals surface area contributed by atoms with Crippen LogP contribution >= 0.6 is 11.8 Å². The molecule has 0 aliphatic carbocycles. The van der Waals surface area contributed by atoms with Crippen LogP contribution in [-0.4, -0.2) is 32.8 Å². The lowest BCUT2D eigenvalue weighted by Gasteiger charge is -2.10. The van der Waals surface area contributed by atoms with Crippen LogP contribution in [0.15, 0.2) is 53.7 Å². The second-order valence-electron chi connectivity index (χ2n) is 6.09. The molecular formula is C19H17F3N4O2S. The van der Waals surface area contributed by atoms with Gasteiger partial charge < -0.3 is 14.6 Å². The first-order valence-corrected chi connectivity index (χ1v) is 9.45. The molecule has 1 aromatic heterocycles. The maximum absolute atomic E-state index is 12.2. The smallest absolute Gasteiger partial charge is 0.406 e. The molecule has 0 aliphatic heterocycles. The van der Waals surface area contributed by atoms with E-state index in [0.29, 0.717) is 16.7 Å². The van der Waals surface area contributed by atoms with E-state index in [-0.39, 0.29) is 17.4 Å². The fourth-order valence-electron chi connectivity index (χ4n) is 2.57. The number of nitrogens with one attached hydrogen (secondary N) is 1. The van der Waals surface area contributed by atoms with Crippen LogP contribution < -0.4 is 10.1 Å². The molecule has 0 spiro atoms. The molecule has 0 radical (unpaired) electrons. The number of aryl methyl sites for hydroxylation is 1. The number of hydrogen-bond acceptors (Lipinski definition) is 5. The highest BCUT2D eigenvalue weighted by Crippen LogP contribution is 2.26. The second kappa shape index (κ2) is 8.56. The van der Waals surface area contributed by atoms with E-state index in [0.717, 1.165) is 23.3 Å². The summed E-state index contributed by atoms with van der Waals surface area (Å²) in [5, 5.41) is 11.5. The average Bonchev–Trinajstić information content (AvgIpc) is 3.01. The Balaban J connectivity index is 1.58. The van der Waals surface area contributed by atoms with Gasteiger partial charge in [-0.2, -0.15) is 0 Å². The molecule has 1 amide bonds. The summed E-state index contributed by atoms with van der Waals surface area (Å²) in [6, 6.07) is 12.7. The van der Waals surface area contributed by atoms with E-state index in [1.165, 1.54) is 23.9 Å². The number of ether oxygens (including phenoxy) is 1. The van der Waals surface area contributed by atoms with Crippen LogP contribution in [-0.2, 0) is 11.8 Å². The third-order valence-corrected chi connectivity index (χ3v) is 4.95. The van der Waals surface area contributed by atoms with Crippen LogP contribution in [0.3, 0.4) is 0 Å². The molecule has 6 nitrogen and oxygen atoms in total. The fourth-order valence-corrected chi connectivity index (χ4v) is 3.28. The topological polar surface area (TPSA) is 69.0 Å². The van der Waals surface area contributed by atoms with Gasteiger partial charge in [0.15, 0.2) is 11.0 Å². The molecule has 10 heteroatoms. The van der Waals surface area contributed by atoms with Gasteiger partial charge in [-0.15, -0.1) is 23.4 Å². The highest BCUT2D eigenvalue weighted by molar-refractivity contribution is 7.99. The molecule has 0 saturated heterocycles. The summed E-state index contributed by atoms with van der Waals surface area (Å²) in [7, 11) is 1.82. The van der Waals surface area contributed by atoms with Gasteiger partial charge in [0.1, 0.15) is 5.75 Å². The minimum atomic E-state index is -4.76. The predicted molar refractivity (Wildman–Crippen MR) is 104 cm³/mol. The van der Waals surface area contributed by atoms with E-state index in [9.17, 15) is 18.0 Å². The monoisotopic (exact) mass is 422 g/mol. The summed E-state index contributed by atoms with van der Waals surface area (Å²) in [5.41, 5.74) is 2.39. The number of alkyl halides is 3. The lowest BCUT2D eigenvalue weighted by Crippen LogP contribution is -2.17. The maximum Gasteiger partial charge on any atom is 0.573 e. The Hall–Kier alpha value is -3.01. The van der Waals surface area contributed by atoms with E-state index in [4.69, 9.17) is 0 Å². The van der Waals surface area contributed by atoms with Crippen molar-refractivity contribution in [2.75, 3.05) is 11.1 Å². The zero-order valence-corrected chi connectivity index (χ0v) is 16.3. The van der Waals surface area contributed by atoms with Crippen molar-refractivity contribution in [1.29, 1.82) is 0 Å². The zero-order chi connectivity index (χ0) is 21.0. The first kappa shape index (κ1) is 20.7. The summed E-state index contributed by atoms with van der Waals surface area (Å²) in [6.07, 6.45) is -4.76. The van der Waals surface area contributed by atoms with E-state index < -0.39 is 6.36 Å². The Bertz CT molecular complexity index is 1000. The van der Waals surface area contributed by atoms with Crippen molar-refractivity contribution >= 4 is 23.4 Å². The van der Waals surface area contributed by atoms with Crippen molar-refractivity contribution in [3.8, 4) is 17.1 Å².